The fourth-order valence-electron chi connectivity index (χ4n) is 2.27. The van der Waals surface area contributed by atoms with Gasteiger partial charge in [-0.25, -0.2) is 0 Å². The van der Waals surface area contributed by atoms with E-state index in [2.05, 4.69) is 0 Å². The van der Waals surface area contributed by atoms with E-state index in [-0.39, 0.29) is 24.3 Å². The molecule has 1 aromatic rings. The number of rotatable bonds is 6. The van der Waals surface area contributed by atoms with Gasteiger partial charge in [0.1, 0.15) is 5.75 Å². The predicted molar refractivity (Wildman–Crippen MR) is 76.9 cm³/mol. The first-order chi connectivity index (χ1) is 9.49. The smallest absolute Gasteiger partial charge is 0.260 e. The van der Waals surface area contributed by atoms with Crippen LogP contribution in [0.3, 0.4) is 0 Å². The summed E-state index contributed by atoms with van der Waals surface area (Å²) in [5, 5.41) is 0. The number of hydrogen-bond donors (Lipinski definition) is 0. The molecule has 4 heteroatoms. The molecule has 0 atom stereocenters. The van der Waals surface area contributed by atoms with E-state index in [1.165, 1.54) is 6.92 Å². The van der Waals surface area contributed by atoms with Crippen LogP contribution in [0, 0.1) is 0 Å². The van der Waals surface area contributed by atoms with Gasteiger partial charge in [0, 0.05) is 17.6 Å². The van der Waals surface area contributed by atoms with Gasteiger partial charge >= 0.3 is 0 Å². The van der Waals surface area contributed by atoms with Gasteiger partial charge in [0.05, 0.1) is 0 Å². The van der Waals surface area contributed by atoms with Crippen molar-refractivity contribution in [3.63, 3.8) is 0 Å². The molecule has 1 saturated carbocycles. The van der Waals surface area contributed by atoms with Crippen LogP contribution in [0.2, 0.25) is 0 Å². The summed E-state index contributed by atoms with van der Waals surface area (Å²) in [5.74, 6) is 0.661. The second kappa shape index (κ2) is 6.07. The maximum Gasteiger partial charge on any atom is 0.260 e. The second-order valence-corrected chi connectivity index (χ2v) is 5.50. The van der Waals surface area contributed by atoms with Crippen LogP contribution in [0.15, 0.2) is 24.3 Å². The van der Waals surface area contributed by atoms with Crippen LogP contribution in [0.1, 0.15) is 44.0 Å². The van der Waals surface area contributed by atoms with Crippen LogP contribution in [-0.4, -0.2) is 35.3 Å². The van der Waals surface area contributed by atoms with Crippen LogP contribution in [0.4, 0.5) is 0 Å². The Bertz CT molecular complexity index is 487. The van der Waals surface area contributed by atoms with Crippen molar-refractivity contribution in [1.82, 2.24) is 4.90 Å². The van der Waals surface area contributed by atoms with E-state index in [1.807, 2.05) is 18.7 Å². The zero-order valence-electron chi connectivity index (χ0n) is 12.3. The van der Waals surface area contributed by atoms with Crippen molar-refractivity contribution in [2.45, 2.75) is 45.7 Å². The highest BCUT2D eigenvalue weighted by molar-refractivity contribution is 5.94. The van der Waals surface area contributed by atoms with Crippen molar-refractivity contribution >= 4 is 11.7 Å². The number of hydrogen-bond acceptors (Lipinski definition) is 3. The molecular weight excluding hydrogens is 254 g/mol. The number of carbonyl (C=O) groups is 2. The predicted octanol–water partition coefficient (Wildman–Crippen LogP) is 2.67. The molecule has 0 saturated heterocycles. The highest BCUT2D eigenvalue weighted by atomic mass is 16.5. The number of nitrogens with zero attached hydrogens (tertiary/aromatic N) is 1. The second-order valence-electron chi connectivity index (χ2n) is 5.50. The molecule has 4 nitrogen and oxygen atoms in total. The normalized spacial score (nSPS) is 14.2. The van der Waals surface area contributed by atoms with E-state index in [1.54, 1.807) is 24.3 Å². The fraction of sp³-hybridized carbons (Fsp3) is 0.500. The summed E-state index contributed by atoms with van der Waals surface area (Å²) in [6, 6.07) is 7.47. The molecule has 1 amide bonds. The zero-order chi connectivity index (χ0) is 14.7. The van der Waals surface area contributed by atoms with Gasteiger partial charge in [-0.15, -0.1) is 0 Å². The third kappa shape index (κ3) is 3.59. The zero-order valence-corrected chi connectivity index (χ0v) is 12.3. The Kier molecular flexibility index (Phi) is 4.42. The minimum absolute atomic E-state index is 0.0207. The molecule has 2 rings (SSSR count). The van der Waals surface area contributed by atoms with Crippen LogP contribution < -0.4 is 4.74 Å². The van der Waals surface area contributed by atoms with Crippen molar-refractivity contribution in [2.24, 2.45) is 0 Å². The number of ether oxygens (including phenoxy) is 1. The fourth-order valence-corrected chi connectivity index (χ4v) is 2.27. The number of benzene rings is 1. The quantitative estimate of drug-likeness (QED) is 0.750. The molecule has 1 fully saturated rings. The molecule has 0 N–H and O–H groups in total. The number of amides is 1. The Balaban J connectivity index is 1.90. The van der Waals surface area contributed by atoms with Crippen LogP contribution in [0.25, 0.3) is 0 Å². The van der Waals surface area contributed by atoms with Crippen molar-refractivity contribution in [1.29, 1.82) is 0 Å². The highest BCUT2D eigenvalue weighted by Gasteiger charge is 2.34. The van der Waals surface area contributed by atoms with Gasteiger partial charge in [0.2, 0.25) is 0 Å². The standard InChI is InChI=1S/C16H21NO3/c1-11(2)17(14-6-7-14)16(19)10-20-15-8-4-13(5-9-15)12(3)18/h4-5,8-9,11,14H,6-7,10H2,1-3H3. The largest absolute Gasteiger partial charge is 0.484 e. The van der Waals surface area contributed by atoms with Gasteiger partial charge in [0.25, 0.3) is 5.91 Å². The average Bonchev–Trinajstić information content (AvgIpc) is 3.21. The first-order valence-corrected chi connectivity index (χ1v) is 7.04. The summed E-state index contributed by atoms with van der Waals surface area (Å²) in [5.41, 5.74) is 0.644. The summed E-state index contributed by atoms with van der Waals surface area (Å²) >= 11 is 0. The molecule has 20 heavy (non-hydrogen) atoms. The van der Waals surface area contributed by atoms with Crippen LogP contribution in [-0.2, 0) is 4.79 Å². The topological polar surface area (TPSA) is 46.6 Å². The first kappa shape index (κ1) is 14.6. The Hall–Kier alpha value is -1.84. The molecule has 0 unspecified atom stereocenters. The van der Waals surface area contributed by atoms with Gasteiger partial charge in [-0.1, -0.05) is 0 Å². The molecule has 0 bridgehead atoms. The van der Waals surface area contributed by atoms with Gasteiger partial charge in [-0.2, -0.15) is 0 Å². The van der Waals surface area contributed by atoms with E-state index in [0.717, 1.165) is 12.8 Å². The molecule has 1 aromatic carbocycles. The van der Waals surface area contributed by atoms with Crippen molar-refractivity contribution < 1.29 is 14.3 Å². The van der Waals surface area contributed by atoms with Gasteiger partial charge in [-0.3, -0.25) is 9.59 Å². The Morgan fingerprint density at radius 1 is 1.25 bits per heavy atom. The monoisotopic (exact) mass is 275 g/mol. The van der Waals surface area contributed by atoms with Crippen molar-refractivity contribution in [3.05, 3.63) is 29.8 Å². The molecule has 0 aromatic heterocycles. The first-order valence-electron chi connectivity index (χ1n) is 7.04. The van der Waals surface area contributed by atoms with E-state index < -0.39 is 0 Å². The third-order valence-corrected chi connectivity index (χ3v) is 3.41. The molecular formula is C16H21NO3. The maximum atomic E-state index is 12.2. The summed E-state index contributed by atoms with van der Waals surface area (Å²) < 4.78 is 5.51. The minimum atomic E-state index is 0.0207. The van der Waals surface area contributed by atoms with Crippen LogP contribution >= 0.6 is 0 Å². The minimum Gasteiger partial charge on any atom is -0.484 e. The van der Waals surface area contributed by atoms with Crippen molar-refractivity contribution in [2.75, 3.05) is 6.61 Å². The van der Waals surface area contributed by atoms with E-state index >= 15 is 0 Å². The average molecular weight is 275 g/mol. The van der Waals surface area contributed by atoms with Crippen LogP contribution in [0.5, 0.6) is 5.75 Å². The number of ketones is 1. The molecule has 0 aliphatic heterocycles. The Labute approximate surface area is 119 Å². The lowest BCUT2D eigenvalue weighted by atomic mass is 10.1. The molecule has 1 aliphatic carbocycles. The van der Waals surface area contributed by atoms with Gasteiger partial charge < -0.3 is 9.64 Å². The van der Waals surface area contributed by atoms with Gasteiger partial charge in [-0.05, 0) is 57.9 Å². The van der Waals surface area contributed by atoms with Gasteiger partial charge in [0.15, 0.2) is 12.4 Å². The highest BCUT2D eigenvalue weighted by Crippen LogP contribution is 2.28. The molecule has 0 spiro atoms. The molecule has 0 radical (unpaired) electrons. The lowest BCUT2D eigenvalue weighted by Gasteiger charge is -2.26. The van der Waals surface area contributed by atoms with E-state index in [9.17, 15) is 9.59 Å². The lowest BCUT2D eigenvalue weighted by molar-refractivity contribution is -0.135. The summed E-state index contributed by atoms with van der Waals surface area (Å²) in [7, 11) is 0. The molecule has 0 heterocycles. The van der Waals surface area contributed by atoms with Crippen molar-refractivity contribution in [3.8, 4) is 5.75 Å². The SMILES string of the molecule is CC(=O)c1ccc(OCC(=O)N(C(C)C)C2CC2)cc1. The number of carbonyl (C=O) groups excluding carboxylic acids is 2. The molecule has 108 valence electrons. The Morgan fingerprint density at radius 2 is 1.85 bits per heavy atom. The summed E-state index contributed by atoms with van der Waals surface area (Å²) in [6.07, 6.45) is 2.19. The third-order valence-electron chi connectivity index (χ3n) is 3.41. The van der Waals surface area contributed by atoms with E-state index in [4.69, 9.17) is 4.74 Å². The summed E-state index contributed by atoms with van der Waals surface area (Å²) in [4.78, 5) is 25.2. The Morgan fingerprint density at radius 3 is 2.30 bits per heavy atom. The maximum absolute atomic E-state index is 12.2. The summed E-state index contributed by atoms with van der Waals surface area (Å²) in [6.45, 7) is 5.62. The lowest BCUT2D eigenvalue weighted by Crippen LogP contribution is -2.41. The van der Waals surface area contributed by atoms with E-state index in [0.29, 0.717) is 17.4 Å². The molecule has 1 aliphatic rings. The number of Topliss-reactive ketones (excluding diaryl/α,β-unsaturated/α-hetero) is 1.